The Hall–Kier alpha value is -0.780. The second-order valence-electron chi connectivity index (χ2n) is 8.38. The van der Waals surface area contributed by atoms with Gasteiger partial charge in [0.2, 0.25) is 0 Å². The van der Waals surface area contributed by atoms with Crippen molar-refractivity contribution in [2.24, 2.45) is 22.7 Å². The number of carbonyl (C=O) groups is 1. The van der Waals surface area contributed by atoms with Crippen LogP contribution >= 0.6 is 0 Å². The maximum atomic E-state index is 12.9. The number of carbonyl (C=O) groups excluding carboxylic acids is 1. The van der Waals surface area contributed by atoms with Gasteiger partial charge in [-0.2, -0.15) is 13.2 Å². The lowest BCUT2D eigenvalue weighted by Gasteiger charge is -2.59. The van der Waals surface area contributed by atoms with E-state index in [2.05, 4.69) is 0 Å². The highest BCUT2D eigenvalue weighted by Crippen LogP contribution is 2.61. The summed E-state index contributed by atoms with van der Waals surface area (Å²) in [7, 11) is 0. The minimum atomic E-state index is -4.62. The van der Waals surface area contributed by atoms with Gasteiger partial charge in [-0.1, -0.05) is 0 Å². The Kier molecular flexibility index (Phi) is 3.38. The fourth-order valence-electron chi connectivity index (χ4n) is 5.09. The summed E-state index contributed by atoms with van der Waals surface area (Å²) >= 11 is 0. The van der Waals surface area contributed by atoms with Crippen LogP contribution in [0.4, 0.5) is 13.2 Å². The van der Waals surface area contributed by atoms with Crippen LogP contribution in [0.3, 0.4) is 0 Å². The molecule has 4 fully saturated rings. The molecular formula is C16H23F3O3. The van der Waals surface area contributed by atoms with Crippen LogP contribution in [-0.4, -0.2) is 29.5 Å². The molecule has 3 nitrogen and oxygen atoms in total. The van der Waals surface area contributed by atoms with Crippen molar-refractivity contribution in [1.82, 2.24) is 0 Å². The molecule has 0 aromatic rings. The van der Waals surface area contributed by atoms with Gasteiger partial charge >= 0.3 is 12.1 Å². The molecule has 4 bridgehead atoms. The molecular weight excluding hydrogens is 297 g/mol. The van der Waals surface area contributed by atoms with Crippen molar-refractivity contribution in [1.29, 1.82) is 0 Å². The normalized spacial score (nSPS) is 40.8. The Morgan fingerprint density at radius 3 is 2.18 bits per heavy atom. The van der Waals surface area contributed by atoms with Gasteiger partial charge in [-0.05, 0) is 64.2 Å². The summed E-state index contributed by atoms with van der Waals surface area (Å²) in [4.78, 5) is 11.9. The van der Waals surface area contributed by atoms with Crippen LogP contribution in [0.1, 0.15) is 52.4 Å². The van der Waals surface area contributed by atoms with Gasteiger partial charge in [0.05, 0.1) is 12.2 Å². The topological polar surface area (TPSA) is 46.5 Å². The maximum Gasteiger partial charge on any atom is 0.404 e. The Balaban J connectivity index is 1.68. The highest BCUT2D eigenvalue weighted by atomic mass is 19.4. The van der Waals surface area contributed by atoms with E-state index in [4.69, 9.17) is 4.74 Å². The summed E-state index contributed by atoms with van der Waals surface area (Å²) < 4.78 is 43.8. The van der Waals surface area contributed by atoms with Crippen molar-refractivity contribution < 1.29 is 27.8 Å². The highest BCUT2D eigenvalue weighted by Gasteiger charge is 2.59. The van der Waals surface area contributed by atoms with E-state index in [1.807, 2.05) is 0 Å². The summed E-state index contributed by atoms with van der Waals surface area (Å²) in [6.45, 7) is 1.70. The fourth-order valence-corrected chi connectivity index (χ4v) is 5.09. The monoisotopic (exact) mass is 320 g/mol. The van der Waals surface area contributed by atoms with Crippen LogP contribution in [0.15, 0.2) is 0 Å². The third-order valence-corrected chi connectivity index (χ3v) is 5.88. The van der Waals surface area contributed by atoms with Crippen LogP contribution in [0, 0.1) is 22.7 Å². The molecule has 2 atom stereocenters. The molecule has 0 radical (unpaired) electrons. The minimum absolute atomic E-state index is 0.000648. The van der Waals surface area contributed by atoms with Crippen molar-refractivity contribution in [3.63, 3.8) is 0 Å². The summed E-state index contributed by atoms with van der Waals surface area (Å²) in [5, 5.41) is 10.6. The maximum absolute atomic E-state index is 12.9. The number of esters is 1. The van der Waals surface area contributed by atoms with E-state index < -0.39 is 23.2 Å². The molecule has 0 amide bonds. The number of ether oxygens (including phenoxy) is 1. The third-order valence-electron chi connectivity index (χ3n) is 5.88. The average molecular weight is 320 g/mol. The van der Waals surface area contributed by atoms with Crippen molar-refractivity contribution >= 4 is 5.97 Å². The lowest BCUT2D eigenvalue weighted by molar-refractivity contribution is -0.231. The van der Waals surface area contributed by atoms with Crippen LogP contribution in [0.25, 0.3) is 0 Å². The summed E-state index contributed by atoms with van der Waals surface area (Å²) in [5.74, 6) is -0.385. The smallest absolute Gasteiger partial charge is 0.404 e. The average Bonchev–Trinajstić information content (AvgIpc) is 2.31. The van der Waals surface area contributed by atoms with E-state index in [1.54, 1.807) is 0 Å². The van der Waals surface area contributed by atoms with Gasteiger partial charge in [-0.25, -0.2) is 0 Å². The van der Waals surface area contributed by atoms with Gasteiger partial charge in [-0.15, -0.1) is 0 Å². The Labute approximate surface area is 128 Å². The molecule has 0 aromatic heterocycles. The first kappa shape index (κ1) is 16.1. The molecule has 1 N–H and O–H groups in total. The largest absolute Gasteiger partial charge is 0.464 e. The van der Waals surface area contributed by atoms with Gasteiger partial charge < -0.3 is 9.84 Å². The quantitative estimate of drug-likeness (QED) is 0.810. The molecule has 0 aromatic carbocycles. The zero-order valence-corrected chi connectivity index (χ0v) is 13.0. The first-order valence-corrected chi connectivity index (χ1v) is 7.91. The van der Waals surface area contributed by atoms with Gasteiger partial charge in [0.15, 0.2) is 5.41 Å². The lowest BCUT2D eigenvalue weighted by Crippen LogP contribution is -2.57. The van der Waals surface area contributed by atoms with Gasteiger partial charge in [0.1, 0.15) is 0 Å². The predicted molar refractivity (Wildman–Crippen MR) is 72.9 cm³/mol. The molecule has 22 heavy (non-hydrogen) atoms. The second kappa shape index (κ2) is 4.62. The van der Waals surface area contributed by atoms with Crippen LogP contribution < -0.4 is 0 Å². The van der Waals surface area contributed by atoms with E-state index in [0.29, 0.717) is 18.3 Å². The summed E-state index contributed by atoms with van der Waals surface area (Å²) in [5.41, 5.74) is -3.52. The van der Waals surface area contributed by atoms with E-state index in [0.717, 1.165) is 46.0 Å². The lowest BCUT2D eigenvalue weighted by atomic mass is 9.48. The van der Waals surface area contributed by atoms with Gasteiger partial charge in [0, 0.05) is 5.41 Å². The molecule has 4 aliphatic carbocycles. The van der Waals surface area contributed by atoms with Crippen molar-refractivity contribution in [3.05, 3.63) is 0 Å². The molecule has 0 heterocycles. The Morgan fingerprint density at radius 1 is 1.18 bits per heavy atom. The number of rotatable bonds is 3. The van der Waals surface area contributed by atoms with E-state index in [9.17, 15) is 23.1 Å². The third kappa shape index (κ3) is 2.53. The SMILES string of the molecule is CC(C)(C(=O)OCC12CC3CC(CC(O)(C3)C1)C2)C(F)(F)F. The fraction of sp³-hybridized carbons (Fsp3) is 0.938. The summed E-state index contributed by atoms with van der Waals surface area (Å²) in [6, 6.07) is 0. The molecule has 0 saturated heterocycles. The van der Waals surface area contributed by atoms with Crippen LogP contribution in [0.2, 0.25) is 0 Å². The molecule has 4 aliphatic rings. The van der Waals surface area contributed by atoms with E-state index in [-0.39, 0.29) is 12.0 Å². The first-order valence-electron chi connectivity index (χ1n) is 7.91. The molecule has 6 heteroatoms. The van der Waals surface area contributed by atoms with Gasteiger partial charge in [0.25, 0.3) is 0 Å². The van der Waals surface area contributed by atoms with Gasteiger partial charge in [-0.3, -0.25) is 4.79 Å². The number of halogens is 3. The molecule has 0 spiro atoms. The molecule has 4 rings (SSSR count). The predicted octanol–water partition coefficient (Wildman–Crippen LogP) is 3.45. The van der Waals surface area contributed by atoms with Crippen molar-refractivity contribution in [2.75, 3.05) is 6.61 Å². The zero-order valence-electron chi connectivity index (χ0n) is 13.0. The number of aliphatic hydroxyl groups is 1. The number of hydrogen-bond acceptors (Lipinski definition) is 3. The molecule has 4 saturated carbocycles. The molecule has 0 aliphatic heterocycles. The number of alkyl halides is 3. The highest BCUT2D eigenvalue weighted by molar-refractivity contribution is 5.76. The van der Waals surface area contributed by atoms with E-state index in [1.165, 1.54) is 0 Å². The van der Waals surface area contributed by atoms with Crippen LogP contribution in [0.5, 0.6) is 0 Å². The zero-order chi connectivity index (χ0) is 16.4. The Morgan fingerprint density at radius 2 is 1.73 bits per heavy atom. The standard InChI is InChI=1S/C16H23F3O3/c1-13(2,16(17,18)19)12(20)22-9-14-4-10-3-11(5-14)7-15(21,6-10)8-14/h10-11,21H,3-9H2,1-2H3. The van der Waals surface area contributed by atoms with Crippen molar-refractivity contribution in [3.8, 4) is 0 Å². The molecule has 126 valence electrons. The van der Waals surface area contributed by atoms with E-state index >= 15 is 0 Å². The molecule has 2 unspecified atom stereocenters. The minimum Gasteiger partial charge on any atom is -0.464 e. The first-order chi connectivity index (χ1) is 9.95. The second-order valence-corrected chi connectivity index (χ2v) is 8.38. The summed E-state index contributed by atoms with van der Waals surface area (Å²) in [6.07, 6.45) is 0.292. The van der Waals surface area contributed by atoms with Crippen molar-refractivity contribution in [2.45, 2.75) is 64.1 Å². The van der Waals surface area contributed by atoms with Crippen LogP contribution in [-0.2, 0) is 9.53 Å². The Bertz CT molecular complexity index is 470. The number of hydrogen-bond donors (Lipinski definition) is 1.